The van der Waals surface area contributed by atoms with Crippen molar-refractivity contribution >= 4 is 27.8 Å². The van der Waals surface area contributed by atoms with Crippen LogP contribution in [0.25, 0.3) is 21.9 Å². The molecule has 2 heterocycles. The van der Waals surface area contributed by atoms with E-state index in [1.807, 2.05) is 36.1 Å². The minimum Gasteiger partial charge on any atom is -0.458 e. The van der Waals surface area contributed by atoms with Crippen LogP contribution < -0.4 is 5.32 Å². The molecule has 4 aromatic rings. The van der Waals surface area contributed by atoms with Gasteiger partial charge >= 0.3 is 0 Å². The lowest BCUT2D eigenvalue weighted by Crippen LogP contribution is -2.41. The van der Waals surface area contributed by atoms with Crippen molar-refractivity contribution in [2.45, 2.75) is 38.8 Å². The zero-order chi connectivity index (χ0) is 23.7. The largest absolute Gasteiger partial charge is 0.458 e. The number of nitrogens with one attached hydrogen (secondary N) is 2. The first-order valence-electron chi connectivity index (χ1n) is 11.5. The van der Waals surface area contributed by atoms with E-state index in [9.17, 15) is 14.4 Å². The highest BCUT2D eigenvalue weighted by Gasteiger charge is 2.26. The fraction of sp³-hybridized carbons (Fsp3) is 0.259. The topological polar surface area (TPSA) is 85.1 Å². The second-order valence-corrected chi connectivity index (χ2v) is 8.52. The minimum atomic E-state index is -0.326. The Hall–Kier alpha value is -4.05. The number of hydrogen-bond donors (Lipinski definition) is 2. The average molecular weight is 457 g/mol. The van der Waals surface area contributed by atoms with Gasteiger partial charge in [-0.3, -0.25) is 4.79 Å². The van der Waals surface area contributed by atoms with E-state index in [2.05, 4.69) is 22.4 Å². The first kappa shape index (κ1) is 21.8. The molecule has 0 saturated heterocycles. The molecule has 1 aliphatic rings. The Morgan fingerprint density at radius 1 is 1.29 bits per heavy atom. The Morgan fingerprint density at radius 3 is 2.97 bits per heavy atom. The number of benzene rings is 2. The summed E-state index contributed by atoms with van der Waals surface area (Å²) in [6, 6.07) is 15.9. The van der Waals surface area contributed by atoms with Crippen LogP contribution in [-0.4, -0.2) is 28.4 Å². The number of rotatable bonds is 6. The number of H-pyrrole nitrogens is 1. The summed E-state index contributed by atoms with van der Waals surface area (Å²) in [5.41, 5.74) is 3.48. The van der Waals surface area contributed by atoms with Gasteiger partial charge in [-0.05, 0) is 68.7 Å². The Labute approximate surface area is 196 Å². The molecule has 0 radical (unpaired) electrons. The van der Waals surface area contributed by atoms with E-state index in [0.717, 1.165) is 35.9 Å². The van der Waals surface area contributed by atoms with Gasteiger partial charge in [0.1, 0.15) is 34.5 Å². The summed E-state index contributed by atoms with van der Waals surface area (Å²) in [5, 5.41) is 14.5. The lowest BCUT2D eigenvalue weighted by molar-refractivity contribution is 0.0706. The number of allylic oxidation sites excluding steroid dienone is 1. The maximum absolute atomic E-state index is 13.6. The number of halogens is 1. The second kappa shape index (κ2) is 9.06. The zero-order valence-electron chi connectivity index (χ0n) is 18.9. The summed E-state index contributed by atoms with van der Waals surface area (Å²) < 4.78 is 19.5. The number of likely N-dealkylation sites (N-methyl/N-ethyl adjacent to an activating group) is 1. The van der Waals surface area contributed by atoms with Crippen molar-refractivity contribution in [2.24, 2.45) is 0 Å². The summed E-state index contributed by atoms with van der Waals surface area (Å²) in [5.74, 6) is 0.180. The van der Waals surface area contributed by atoms with E-state index in [4.69, 9.17) is 4.42 Å². The van der Waals surface area contributed by atoms with Crippen LogP contribution in [0.5, 0.6) is 0 Å². The molecule has 1 atom stereocenters. The van der Waals surface area contributed by atoms with Crippen molar-refractivity contribution in [3.05, 3.63) is 83.1 Å². The molecule has 2 aromatic heterocycles. The number of aromatic amines is 1. The van der Waals surface area contributed by atoms with Crippen molar-refractivity contribution in [3.8, 4) is 6.07 Å². The molecule has 34 heavy (non-hydrogen) atoms. The van der Waals surface area contributed by atoms with Crippen LogP contribution in [0.15, 0.2) is 64.7 Å². The number of furan rings is 1. The number of fused-ring (bicyclic) bond motifs is 2. The van der Waals surface area contributed by atoms with Crippen molar-refractivity contribution in [1.29, 1.82) is 5.26 Å². The van der Waals surface area contributed by atoms with Crippen LogP contribution in [0.4, 0.5) is 4.39 Å². The van der Waals surface area contributed by atoms with Gasteiger partial charge in [-0.25, -0.2) is 4.39 Å². The quantitative estimate of drug-likeness (QED) is 0.395. The Bertz CT molecular complexity index is 1440. The summed E-state index contributed by atoms with van der Waals surface area (Å²) >= 11 is 0. The fourth-order valence-corrected chi connectivity index (χ4v) is 4.73. The van der Waals surface area contributed by atoms with Gasteiger partial charge in [-0.2, -0.15) is 5.26 Å². The lowest BCUT2D eigenvalue weighted by atomic mass is 9.98. The number of carbonyl (C=O) groups excluding carboxylic acids is 1. The average Bonchev–Trinajstić information content (AvgIpc) is 3.44. The second-order valence-electron chi connectivity index (χ2n) is 8.52. The van der Waals surface area contributed by atoms with Gasteiger partial charge in [0.15, 0.2) is 0 Å². The van der Waals surface area contributed by atoms with Gasteiger partial charge in [-0.15, -0.1) is 0 Å². The number of hydrogen-bond acceptors (Lipinski definition) is 4. The number of carbonyl (C=O) groups is 1. The Kier molecular flexibility index (Phi) is 5.81. The summed E-state index contributed by atoms with van der Waals surface area (Å²) in [6.45, 7) is 2.92. The first-order valence-corrected chi connectivity index (χ1v) is 11.5. The molecule has 172 valence electrons. The standard InChI is InChI=1S/C27H25FN4O2/c1-2-32(27(33)24-13-17-12-18(28)10-11-23(17)31-24)20-7-5-6-19(14-20)30-16-26-22(15-29)21-8-3-4-9-25(21)34-26/h3-4,8-14,20,30-31H,2,5-7,16H2,1H3/t20-/m0/s1. The van der Waals surface area contributed by atoms with Crippen molar-refractivity contribution in [3.63, 3.8) is 0 Å². The molecular formula is C27H25FN4O2. The van der Waals surface area contributed by atoms with Gasteiger partial charge in [0.25, 0.3) is 5.91 Å². The van der Waals surface area contributed by atoms with Gasteiger partial charge in [0.05, 0.1) is 12.6 Å². The predicted octanol–water partition coefficient (Wildman–Crippen LogP) is 5.61. The molecule has 6 nitrogen and oxygen atoms in total. The van der Waals surface area contributed by atoms with Gasteiger partial charge in [-0.1, -0.05) is 12.1 Å². The number of nitrogens with zero attached hydrogens (tertiary/aromatic N) is 2. The first-order chi connectivity index (χ1) is 16.6. The molecule has 1 aliphatic carbocycles. The molecule has 0 fully saturated rings. The van der Waals surface area contributed by atoms with Gasteiger partial charge in [0.2, 0.25) is 0 Å². The zero-order valence-corrected chi connectivity index (χ0v) is 18.9. The predicted molar refractivity (Wildman–Crippen MR) is 128 cm³/mol. The minimum absolute atomic E-state index is 0.0528. The highest BCUT2D eigenvalue weighted by Crippen LogP contribution is 2.27. The SMILES string of the molecule is CCN(C(=O)c1cc2cc(F)ccc2[nH]1)[C@@H]1C=C(NCc2oc3ccccc3c2C#N)CCC1. The van der Waals surface area contributed by atoms with Crippen molar-refractivity contribution in [1.82, 2.24) is 15.2 Å². The number of para-hydroxylation sites is 1. The number of amides is 1. The maximum Gasteiger partial charge on any atom is 0.270 e. The normalized spacial score (nSPS) is 15.8. The molecule has 2 N–H and O–H groups in total. The lowest BCUT2D eigenvalue weighted by Gasteiger charge is -2.32. The van der Waals surface area contributed by atoms with Crippen LogP contribution in [0.2, 0.25) is 0 Å². The van der Waals surface area contributed by atoms with Crippen LogP contribution >= 0.6 is 0 Å². The molecular weight excluding hydrogens is 431 g/mol. The summed E-state index contributed by atoms with van der Waals surface area (Å²) in [6.07, 6.45) is 4.78. The Morgan fingerprint density at radius 2 is 2.15 bits per heavy atom. The third-order valence-corrected chi connectivity index (χ3v) is 6.41. The third kappa shape index (κ3) is 4.03. The van der Waals surface area contributed by atoms with Gasteiger partial charge < -0.3 is 19.6 Å². The van der Waals surface area contributed by atoms with Crippen molar-refractivity contribution in [2.75, 3.05) is 6.54 Å². The molecule has 7 heteroatoms. The fourth-order valence-electron chi connectivity index (χ4n) is 4.73. The highest BCUT2D eigenvalue weighted by molar-refractivity contribution is 5.98. The van der Waals surface area contributed by atoms with Gasteiger partial charge in [0, 0.05) is 28.5 Å². The molecule has 2 aromatic carbocycles. The molecule has 0 aliphatic heterocycles. The van der Waals surface area contributed by atoms with E-state index in [-0.39, 0.29) is 17.8 Å². The molecule has 0 bridgehead atoms. The monoisotopic (exact) mass is 456 g/mol. The molecule has 0 spiro atoms. The summed E-state index contributed by atoms with van der Waals surface area (Å²) in [7, 11) is 0. The number of nitriles is 1. The van der Waals surface area contributed by atoms with Crippen LogP contribution in [-0.2, 0) is 6.54 Å². The smallest absolute Gasteiger partial charge is 0.270 e. The van der Waals surface area contributed by atoms with E-state index in [0.29, 0.717) is 41.1 Å². The summed E-state index contributed by atoms with van der Waals surface area (Å²) in [4.78, 5) is 18.3. The van der Waals surface area contributed by atoms with Crippen LogP contribution in [0.3, 0.4) is 0 Å². The third-order valence-electron chi connectivity index (χ3n) is 6.41. The highest BCUT2D eigenvalue weighted by atomic mass is 19.1. The van der Waals surface area contributed by atoms with E-state index >= 15 is 0 Å². The van der Waals surface area contributed by atoms with E-state index in [1.165, 1.54) is 12.1 Å². The molecule has 0 unspecified atom stereocenters. The van der Waals surface area contributed by atoms with Crippen LogP contribution in [0, 0.1) is 17.1 Å². The van der Waals surface area contributed by atoms with Crippen LogP contribution in [0.1, 0.15) is 48.0 Å². The molecule has 5 rings (SSSR count). The molecule has 1 amide bonds. The van der Waals surface area contributed by atoms with Crippen molar-refractivity contribution < 1.29 is 13.6 Å². The van der Waals surface area contributed by atoms with E-state index in [1.54, 1.807) is 12.1 Å². The number of aromatic nitrogens is 1. The molecule has 0 saturated carbocycles. The van der Waals surface area contributed by atoms with E-state index < -0.39 is 0 Å². The maximum atomic E-state index is 13.6. The Balaban J connectivity index is 1.34.